The predicted molar refractivity (Wildman–Crippen MR) is 115 cm³/mol. The number of ether oxygens (including phenoxy) is 2. The number of para-hydroxylation sites is 2. The van der Waals surface area contributed by atoms with Crippen LogP contribution < -0.4 is 14.8 Å². The molecule has 2 aliphatic rings. The van der Waals surface area contributed by atoms with Crippen LogP contribution in [0.2, 0.25) is 0 Å². The lowest BCUT2D eigenvalue weighted by molar-refractivity contribution is 0.217. The fourth-order valence-corrected chi connectivity index (χ4v) is 5.14. The normalized spacial score (nSPS) is 22.2. The van der Waals surface area contributed by atoms with Crippen molar-refractivity contribution in [2.24, 2.45) is 5.92 Å². The summed E-state index contributed by atoms with van der Waals surface area (Å²) >= 11 is 1.83. The largest absolute Gasteiger partial charge is 0.490 e. The maximum absolute atomic E-state index is 6.13. The van der Waals surface area contributed by atoms with Gasteiger partial charge in [0, 0.05) is 10.8 Å². The molecule has 1 aromatic heterocycles. The van der Waals surface area contributed by atoms with Crippen molar-refractivity contribution in [3.63, 3.8) is 0 Å². The topological polar surface area (TPSA) is 30.5 Å². The maximum atomic E-state index is 6.13. The molecule has 1 aliphatic heterocycles. The van der Waals surface area contributed by atoms with Crippen LogP contribution in [0, 0.1) is 5.92 Å². The Morgan fingerprint density at radius 2 is 1.82 bits per heavy atom. The van der Waals surface area contributed by atoms with E-state index in [-0.39, 0.29) is 0 Å². The first-order chi connectivity index (χ1) is 13.9. The van der Waals surface area contributed by atoms with Crippen LogP contribution in [0.4, 0.5) is 5.69 Å². The molecule has 0 saturated carbocycles. The van der Waals surface area contributed by atoms with Crippen LogP contribution in [0.1, 0.15) is 28.8 Å². The van der Waals surface area contributed by atoms with E-state index in [1.807, 2.05) is 41.7 Å². The predicted octanol–water partition coefficient (Wildman–Crippen LogP) is 6.03. The van der Waals surface area contributed by atoms with Crippen molar-refractivity contribution in [1.29, 1.82) is 0 Å². The van der Waals surface area contributed by atoms with E-state index in [4.69, 9.17) is 9.47 Å². The Morgan fingerprint density at radius 1 is 0.929 bits per heavy atom. The molecule has 0 spiro atoms. The molecular formula is C24H23NO2S. The highest BCUT2D eigenvalue weighted by Crippen LogP contribution is 2.52. The van der Waals surface area contributed by atoms with E-state index in [1.54, 1.807) is 0 Å². The van der Waals surface area contributed by atoms with Gasteiger partial charge in [-0.2, -0.15) is 0 Å². The lowest BCUT2D eigenvalue weighted by atomic mass is 9.79. The van der Waals surface area contributed by atoms with Gasteiger partial charge in [-0.05, 0) is 47.5 Å². The highest BCUT2D eigenvalue weighted by atomic mass is 32.1. The molecule has 3 unspecified atom stereocenters. The first kappa shape index (κ1) is 17.4. The molecule has 3 nitrogen and oxygen atoms in total. The van der Waals surface area contributed by atoms with Gasteiger partial charge < -0.3 is 14.8 Å². The number of hydrogen-bond donors (Lipinski definition) is 1. The van der Waals surface area contributed by atoms with Crippen molar-refractivity contribution < 1.29 is 9.47 Å². The Labute approximate surface area is 169 Å². The zero-order chi connectivity index (χ0) is 18.8. The van der Waals surface area contributed by atoms with Crippen molar-refractivity contribution in [2.75, 3.05) is 18.5 Å². The van der Waals surface area contributed by atoms with E-state index in [1.165, 1.54) is 10.4 Å². The van der Waals surface area contributed by atoms with E-state index in [2.05, 4.69) is 53.2 Å². The second-order valence-electron chi connectivity index (χ2n) is 7.22. The summed E-state index contributed by atoms with van der Waals surface area (Å²) < 4.78 is 11.9. The quantitative estimate of drug-likeness (QED) is 0.412. The Bertz CT molecular complexity index is 952. The van der Waals surface area contributed by atoms with E-state index >= 15 is 0 Å². The second kappa shape index (κ2) is 7.72. The number of nitrogens with one attached hydrogen (secondary N) is 1. The molecule has 0 bridgehead atoms. The van der Waals surface area contributed by atoms with Gasteiger partial charge in [0.05, 0.1) is 11.7 Å². The van der Waals surface area contributed by atoms with Crippen molar-refractivity contribution in [3.8, 4) is 11.5 Å². The molecule has 4 heteroatoms. The zero-order valence-corrected chi connectivity index (χ0v) is 16.4. The smallest absolute Gasteiger partial charge is 0.142 e. The molecule has 1 aliphatic carbocycles. The molecule has 3 aromatic rings. The Balaban J connectivity index is 1.34. The molecule has 0 saturated heterocycles. The number of hydrogen-bond acceptors (Lipinski definition) is 4. The fraction of sp³-hybridized carbons (Fsp3) is 0.250. The van der Waals surface area contributed by atoms with Crippen molar-refractivity contribution in [1.82, 2.24) is 0 Å². The van der Waals surface area contributed by atoms with Crippen LogP contribution in [0.15, 0.2) is 78.2 Å². The summed E-state index contributed by atoms with van der Waals surface area (Å²) in [4.78, 5) is 1.39. The van der Waals surface area contributed by atoms with E-state index in [0.29, 0.717) is 31.1 Å². The van der Waals surface area contributed by atoms with E-state index < -0.39 is 0 Å². The lowest BCUT2D eigenvalue weighted by Gasteiger charge is -2.37. The number of benzene rings is 2. The number of anilines is 1. The third kappa shape index (κ3) is 3.29. The number of allylic oxidation sites excluding steroid dienone is 2. The minimum atomic E-state index is 0.331. The summed E-state index contributed by atoms with van der Waals surface area (Å²) in [6, 6.07) is 21.0. The van der Waals surface area contributed by atoms with Gasteiger partial charge in [0.25, 0.3) is 0 Å². The standard InChI is InChI=1S/C24H23NO2S/c1-2-7-17(8-3-1)26-14-15-27-21-12-5-11-19-18-9-4-10-20(18)24(25-23(19)21)22-13-6-16-28-22/h1-9,11-13,16,18,20,24-25H,10,14-15H2. The minimum absolute atomic E-state index is 0.331. The summed E-state index contributed by atoms with van der Waals surface area (Å²) in [7, 11) is 0. The molecule has 5 rings (SSSR count). The molecule has 0 radical (unpaired) electrons. The third-order valence-electron chi connectivity index (χ3n) is 5.56. The molecule has 142 valence electrons. The van der Waals surface area contributed by atoms with Gasteiger partial charge in [0.1, 0.15) is 24.7 Å². The summed E-state index contributed by atoms with van der Waals surface area (Å²) in [5.41, 5.74) is 2.47. The monoisotopic (exact) mass is 389 g/mol. The van der Waals surface area contributed by atoms with Crippen molar-refractivity contribution in [3.05, 3.63) is 88.6 Å². The summed E-state index contributed by atoms with van der Waals surface area (Å²) in [5.74, 6) is 2.81. The van der Waals surface area contributed by atoms with Gasteiger partial charge in [0.2, 0.25) is 0 Å². The van der Waals surface area contributed by atoms with Gasteiger partial charge in [-0.15, -0.1) is 11.3 Å². The highest BCUT2D eigenvalue weighted by molar-refractivity contribution is 7.10. The molecule has 0 amide bonds. The van der Waals surface area contributed by atoms with E-state index in [0.717, 1.165) is 23.6 Å². The van der Waals surface area contributed by atoms with Crippen molar-refractivity contribution in [2.45, 2.75) is 18.4 Å². The Kier molecular flexibility index (Phi) is 4.79. The zero-order valence-electron chi connectivity index (χ0n) is 15.6. The van der Waals surface area contributed by atoms with Gasteiger partial charge in [-0.25, -0.2) is 0 Å². The van der Waals surface area contributed by atoms with Gasteiger partial charge in [0.15, 0.2) is 0 Å². The number of thiophene rings is 1. The average Bonchev–Trinajstić information content (AvgIpc) is 3.44. The molecular weight excluding hydrogens is 366 g/mol. The lowest BCUT2D eigenvalue weighted by Crippen LogP contribution is -2.29. The average molecular weight is 390 g/mol. The van der Waals surface area contributed by atoms with Gasteiger partial charge in [-0.1, -0.05) is 48.6 Å². The van der Waals surface area contributed by atoms with Crippen LogP contribution in [0.3, 0.4) is 0 Å². The molecule has 0 fully saturated rings. The van der Waals surface area contributed by atoms with Crippen molar-refractivity contribution >= 4 is 17.0 Å². The SMILES string of the molecule is C1=CC2c3cccc(OCCOc4ccccc4)c3NC(c3cccs3)C2C1. The minimum Gasteiger partial charge on any atom is -0.490 e. The molecule has 1 N–H and O–H groups in total. The van der Waals surface area contributed by atoms with Crippen LogP contribution >= 0.6 is 11.3 Å². The van der Waals surface area contributed by atoms with E-state index in [9.17, 15) is 0 Å². The number of fused-ring (bicyclic) bond motifs is 3. The molecule has 3 atom stereocenters. The van der Waals surface area contributed by atoms with Gasteiger partial charge >= 0.3 is 0 Å². The fourth-order valence-electron chi connectivity index (χ4n) is 4.29. The first-order valence-corrected chi connectivity index (χ1v) is 10.7. The van der Waals surface area contributed by atoms with Gasteiger partial charge in [-0.3, -0.25) is 0 Å². The Morgan fingerprint density at radius 3 is 2.68 bits per heavy atom. The van der Waals surface area contributed by atoms with Crippen LogP contribution in [-0.4, -0.2) is 13.2 Å². The van der Waals surface area contributed by atoms with Crippen LogP contribution in [-0.2, 0) is 0 Å². The van der Waals surface area contributed by atoms with Crippen LogP contribution in [0.25, 0.3) is 0 Å². The Hall–Kier alpha value is -2.72. The molecule has 2 heterocycles. The highest BCUT2D eigenvalue weighted by Gasteiger charge is 2.39. The third-order valence-corrected chi connectivity index (χ3v) is 6.52. The van der Waals surface area contributed by atoms with Crippen LogP contribution in [0.5, 0.6) is 11.5 Å². The number of rotatable bonds is 6. The maximum Gasteiger partial charge on any atom is 0.142 e. The first-order valence-electron chi connectivity index (χ1n) is 9.80. The second-order valence-corrected chi connectivity index (χ2v) is 8.20. The molecule has 2 aromatic carbocycles. The summed E-state index contributed by atoms with van der Waals surface area (Å²) in [6.07, 6.45) is 5.82. The summed E-state index contributed by atoms with van der Waals surface area (Å²) in [6.45, 7) is 1.04. The summed E-state index contributed by atoms with van der Waals surface area (Å²) in [5, 5.41) is 5.96. The molecule has 28 heavy (non-hydrogen) atoms.